The molecular formula is C50H94NO9P. The minimum Gasteiger partial charge on any atom is -0.756 e. The first-order chi connectivity index (χ1) is 29.4. The predicted molar refractivity (Wildman–Crippen MR) is 250 cm³/mol. The molecule has 0 aromatic heterocycles. The molecule has 0 fully saturated rings. The lowest BCUT2D eigenvalue weighted by Crippen LogP contribution is -2.37. The lowest BCUT2D eigenvalue weighted by molar-refractivity contribution is -0.870. The van der Waals surface area contributed by atoms with Gasteiger partial charge in [0.2, 0.25) is 0 Å². The molecule has 61 heavy (non-hydrogen) atoms. The highest BCUT2D eigenvalue weighted by Gasteiger charge is 2.21. The Bertz CT molecular complexity index is 1150. The van der Waals surface area contributed by atoms with Crippen molar-refractivity contribution in [2.24, 2.45) is 0 Å². The minimum absolute atomic E-state index is 0.0510. The van der Waals surface area contributed by atoms with E-state index < -0.39 is 32.5 Å². The second-order valence-electron chi connectivity index (χ2n) is 18.2. The highest BCUT2D eigenvalue weighted by molar-refractivity contribution is 7.45. The molecule has 0 N–H and O–H groups in total. The summed E-state index contributed by atoms with van der Waals surface area (Å²) in [7, 11) is 1.10. The van der Waals surface area contributed by atoms with Gasteiger partial charge in [0.05, 0.1) is 27.7 Å². The minimum atomic E-state index is -4.66. The second-order valence-corrected chi connectivity index (χ2v) is 19.6. The number of esters is 2. The van der Waals surface area contributed by atoms with Gasteiger partial charge in [0.25, 0.3) is 7.82 Å². The number of quaternary nitrogens is 1. The van der Waals surface area contributed by atoms with E-state index in [0.717, 1.165) is 51.4 Å². The number of unbranched alkanes of at least 4 members (excludes halogenated alkanes) is 27. The first-order valence-electron chi connectivity index (χ1n) is 25.0. The van der Waals surface area contributed by atoms with Crippen LogP contribution in [0.3, 0.4) is 0 Å². The van der Waals surface area contributed by atoms with Crippen molar-refractivity contribution in [2.75, 3.05) is 47.5 Å². The van der Waals surface area contributed by atoms with Crippen LogP contribution in [0.15, 0.2) is 24.3 Å². The molecule has 0 aliphatic heterocycles. The van der Waals surface area contributed by atoms with Gasteiger partial charge in [0.1, 0.15) is 19.8 Å². The zero-order valence-electron chi connectivity index (χ0n) is 40.1. The Labute approximate surface area is 374 Å². The van der Waals surface area contributed by atoms with Crippen molar-refractivity contribution in [2.45, 2.75) is 232 Å². The number of rotatable bonds is 46. The van der Waals surface area contributed by atoms with Gasteiger partial charge in [-0.3, -0.25) is 18.9 Å². The molecular weight excluding hydrogens is 790 g/mol. The molecule has 0 aliphatic rings. The van der Waals surface area contributed by atoms with Crippen molar-refractivity contribution in [3.63, 3.8) is 0 Å². The maximum atomic E-state index is 12.7. The average molecular weight is 884 g/mol. The Balaban J connectivity index is 4.28. The van der Waals surface area contributed by atoms with E-state index in [9.17, 15) is 23.8 Å². The number of carbonyl (C=O) groups is 3. The van der Waals surface area contributed by atoms with Gasteiger partial charge in [-0.1, -0.05) is 193 Å². The quantitative estimate of drug-likeness (QED) is 0.0146. The number of allylic oxidation sites excluding steroid dienone is 4. The Hall–Kier alpha value is -1.84. The highest BCUT2D eigenvalue weighted by Crippen LogP contribution is 2.38. The van der Waals surface area contributed by atoms with Crippen LogP contribution in [-0.2, 0) is 37.5 Å². The standard InChI is InChI=1S/C50H94NO9P/c1-6-8-10-12-14-15-16-17-18-19-20-21-22-23-24-25-26-27-29-33-37-41-49(53)57-45-48(46-59-61(55,56)58-44-43-51(3,4)5)60-50(54)42-38-34-30-32-36-40-47(52)39-35-31-28-13-11-9-7-2/h28,31,35,39,48H,6-27,29-30,32-34,36-38,40-46H2,1-5H3/b31-28-,39-35+/t48-/m1/s1. The largest absolute Gasteiger partial charge is 0.756 e. The van der Waals surface area contributed by atoms with E-state index in [1.54, 1.807) is 6.08 Å². The van der Waals surface area contributed by atoms with Gasteiger partial charge in [0, 0.05) is 19.3 Å². The van der Waals surface area contributed by atoms with E-state index >= 15 is 0 Å². The lowest BCUT2D eigenvalue weighted by atomic mass is 10.0. The molecule has 0 radical (unpaired) electrons. The van der Waals surface area contributed by atoms with Crippen molar-refractivity contribution in [1.29, 1.82) is 0 Å². The Morgan fingerprint density at radius 1 is 0.541 bits per heavy atom. The first kappa shape index (κ1) is 59.2. The van der Waals surface area contributed by atoms with Crippen LogP contribution in [0.2, 0.25) is 0 Å². The van der Waals surface area contributed by atoms with Crippen molar-refractivity contribution in [1.82, 2.24) is 0 Å². The maximum absolute atomic E-state index is 12.7. The molecule has 2 atom stereocenters. The molecule has 0 amide bonds. The summed E-state index contributed by atoms with van der Waals surface area (Å²) in [6, 6.07) is 0. The summed E-state index contributed by atoms with van der Waals surface area (Å²) in [4.78, 5) is 49.7. The van der Waals surface area contributed by atoms with E-state index in [0.29, 0.717) is 23.9 Å². The van der Waals surface area contributed by atoms with Crippen LogP contribution in [-0.4, -0.2) is 75.8 Å². The van der Waals surface area contributed by atoms with Crippen LogP contribution in [0.5, 0.6) is 0 Å². The van der Waals surface area contributed by atoms with Crippen molar-refractivity contribution in [3.8, 4) is 0 Å². The molecule has 0 spiro atoms. The van der Waals surface area contributed by atoms with Crippen molar-refractivity contribution >= 4 is 25.5 Å². The molecule has 11 heteroatoms. The SMILES string of the molecule is CCCCC/C=C\C=C\C(=O)CCCCCCCC(=O)O[C@H](COC(=O)CCCCCCCCCCCCCCCCCCCCCCC)COP(=O)([O-])OCC[N+](C)(C)C. The fourth-order valence-corrected chi connectivity index (χ4v) is 7.72. The van der Waals surface area contributed by atoms with Crippen LogP contribution in [0, 0.1) is 0 Å². The van der Waals surface area contributed by atoms with E-state index in [1.807, 2.05) is 33.3 Å². The van der Waals surface area contributed by atoms with Gasteiger partial charge in [-0.25, -0.2) is 0 Å². The first-order valence-corrected chi connectivity index (χ1v) is 26.5. The number of carbonyl (C=O) groups excluding carboxylic acids is 3. The Morgan fingerprint density at radius 3 is 1.44 bits per heavy atom. The molecule has 0 saturated carbocycles. The van der Waals surface area contributed by atoms with E-state index in [4.69, 9.17) is 18.5 Å². The van der Waals surface area contributed by atoms with E-state index in [2.05, 4.69) is 19.9 Å². The number of phosphoric ester groups is 1. The Kier molecular flexibility index (Phi) is 40.9. The number of phosphoric acid groups is 1. The number of ketones is 1. The van der Waals surface area contributed by atoms with Crippen molar-refractivity contribution in [3.05, 3.63) is 24.3 Å². The predicted octanol–water partition coefficient (Wildman–Crippen LogP) is 13.2. The number of hydrogen-bond acceptors (Lipinski definition) is 9. The van der Waals surface area contributed by atoms with E-state index in [1.165, 1.54) is 135 Å². The molecule has 1 unspecified atom stereocenters. The summed E-state index contributed by atoms with van der Waals surface area (Å²) in [5, 5.41) is 0. The monoisotopic (exact) mass is 884 g/mol. The number of hydrogen-bond donors (Lipinski definition) is 0. The van der Waals surface area contributed by atoms with Crippen LogP contribution in [0.1, 0.15) is 226 Å². The third-order valence-corrected chi connectivity index (χ3v) is 11.9. The molecule has 0 aromatic rings. The second kappa shape index (κ2) is 42.1. The zero-order chi connectivity index (χ0) is 45.1. The van der Waals surface area contributed by atoms with Gasteiger partial charge in [0.15, 0.2) is 11.9 Å². The molecule has 0 aromatic carbocycles. The maximum Gasteiger partial charge on any atom is 0.306 e. The molecule has 0 heterocycles. The summed E-state index contributed by atoms with van der Waals surface area (Å²) < 4.78 is 33.9. The Morgan fingerprint density at radius 2 is 0.967 bits per heavy atom. The molecule has 0 rings (SSSR count). The topological polar surface area (TPSA) is 128 Å². The third kappa shape index (κ3) is 46.0. The smallest absolute Gasteiger partial charge is 0.306 e. The number of likely N-dealkylation sites (N-methyl/N-ethyl adjacent to an activating group) is 1. The number of nitrogens with zero attached hydrogens (tertiary/aromatic N) is 1. The van der Waals surface area contributed by atoms with Crippen LogP contribution in [0.25, 0.3) is 0 Å². The van der Waals surface area contributed by atoms with Crippen molar-refractivity contribution < 1.29 is 46.8 Å². The fraction of sp³-hybridized carbons (Fsp3) is 0.860. The fourth-order valence-electron chi connectivity index (χ4n) is 6.99. The summed E-state index contributed by atoms with van der Waals surface area (Å²) in [6.07, 6.45) is 43.1. The van der Waals surface area contributed by atoms with Gasteiger partial charge < -0.3 is 27.9 Å². The van der Waals surface area contributed by atoms with Gasteiger partial charge in [-0.2, -0.15) is 0 Å². The van der Waals surface area contributed by atoms with Crippen LogP contribution >= 0.6 is 7.82 Å². The van der Waals surface area contributed by atoms with Gasteiger partial charge in [-0.05, 0) is 38.2 Å². The van der Waals surface area contributed by atoms with E-state index in [-0.39, 0.29) is 31.8 Å². The molecule has 0 aliphatic carbocycles. The summed E-state index contributed by atoms with van der Waals surface area (Å²) in [6.45, 7) is 4.07. The normalized spacial score (nSPS) is 13.5. The third-order valence-electron chi connectivity index (χ3n) is 11.0. The number of ether oxygens (including phenoxy) is 2. The molecule has 0 bridgehead atoms. The summed E-state index contributed by atoms with van der Waals surface area (Å²) in [5.74, 6) is -0.798. The molecule has 10 nitrogen and oxygen atoms in total. The summed E-state index contributed by atoms with van der Waals surface area (Å²) >= 11 is 0. The summed E-state index contributed by atoms with van der Waals surface area (Å²) in [5.41, 5.74) is 0. The molecule has 0 saturated heterocycles. The van der Waals surface area contributed by atoms with Crippen LogP contribution < -0.4 is 4.89 Å². The van der Waals surface area contributed by atoms with Gasteiger partial charge >= 0.3 is 11.9 Å². The highest BCUT2D eigenvalue weighted by atomic mass is 31.2. The lowest BCUT2D eigenvalue weighted by Gasteiger charge is -2.28. The average Bonchev–Trinajstić information content (AvgIpc) is 3.21. The van der Waals surface area contributed by atoms with Gasteiger partial charge in [-0.15, -0.1) is 0 Å². The van der Waals surface area contributed by atoms with Crippen LogP contribution in [0.4, 0.5) is 0 Å². The zero-order valence-corrected chi connectivity index (χ0v) is 41.0. The molecule has 358 valence electrons.